The molecule has 0 fully saturated rings. The number of H-pyrrole nitrogens is 2. The molecule has 9 heteroatoms. The highest BCUT2D eigenvalue weighted by atomic mass is 16.5. The van der Waals surface area contributed by atoms with Gasteiger partial charge in [0.1, 0.15) is 40.0 Å². The molecule has 4 heterocycles. The quantitative estimate of drug-likeness (QED) is 0.134. The Kier molecular flexibility index (Phi) is 8.77. The predicted molar refractivity (Wildman–Crippen MR) is 197 cm³/mol. The normalized spacial score (nSPS) is 10.9. The molecule has 0 atom stereocenters. The zero-order chi connectivity index (χ0) is 34.6. The van der Waals surface area contributed by atoms with Gasteiger partial charge in [-0.2, -0.15) is 0 Å². The number of hydrogen-bond acceptors (Lipinski definition) is 7. The van der Waals surface area contributed by atoms with Gasteiger partial charge in [0, 0.05) is 63.4 Å². The molecular weight excluding hydrogens is 628 g/mol. The lowest BCUT2D eigenvalue weighted by atomic mass is 10.0. The number of ether oxygens (including phenoxy) is 3. The number of phenolic OH excluding ortho intramolecular Hbond substituents is 2. The second-order valence-electron chi connectivity index (χ2n) is 11.5. The highest BCUT2D eigenvalue weighted by molar-refractivity contribution is 5.99. The Morgan fingerprint density at radius 3 is 1.50 bits per heavy atom. The predicted octanol–water partition coefficient (Wildman–Crippen LogP) is 9.23. The van der Waals surface area contributed by atoms with Gasteiger partial charge in [-0.3, -0.25) is 0 Å². The Morgan fingerprint density at radius 1 is 0.480 bits per heavy atom. The molecule has 0 radical (unpaired) electrons. The summed E-state index contributed by atoms with van der Waals surface area (Å²) in [6.45, 7) is 0. The summed E-state index contributed by atoms with van der Waals surface area (Å²) < 4.78 is 16.6. The first-order valence-corrected chi connectivity index (χ1v) is 15.8. The van der Waals surface area contributed by atoms with Gasteiger partial charge in [0.2, 0.25) is 0 Å². The zero-order valence-corrected chi connectivity index (χ0v) is 27.6. The number of aromatic hydroxyl groups is 2. The lowest BCUT2D eigenvalue weighted by Crippen LogP contribution is -1.92. The van der Waals surface area contributed by atoms with Crippen molar-refractivity contribution in [3.05, 3.63) is 128 Å². The van der Waals surface area contributed by atoms with Crippen LogP contribution in [0.5, 0.6) is 28.7 Å². The van der Waals surface area contributed by atoms with Crippen LogP contribution in [-0.2, 0) is 0 Å². The first-order valence-electron chi connectivity index (χ1n) is 15.8. The van der Waals surface area contributed by atoms with E-state index in [9.17, 15) is 10.2 Å². The molecule has 4 aromatic heterocycles. The molecule has 8 aromatic rings. The molecule has 0 saturated heterocycles. The number of fused-ring (bicyclic) bond motifs is 2. The first kappa shape index (κ1) is 31.8. The molecular formula is C41H34N4O5. The average molecular weight is 663 g/mol. The van der Waals surface area contributed by atoms with E-state index in [1.54, 1.807) is 58.0 Å². The average Bonchev–Trinajstić information content (AvgIpc) is 3.78. The Morgan fingerprint density at radius 2 is 0.960 bits per heavy atom. The molecule has 50 heavy (non-hydrogen) atoms. The Hall–Kier alpha value is -6.74. The van der Waals surface area contributed by atoms with Crippen LogP contribution < -0.4 is 14.2 Å². The van der Waals surface area contributed by atoms with Crippen LogP contribution in [0.4, 0.5) is 0 Å². The van der Waals surface area contributed by atoms with Crippen molar-refractivity contribution >= 4 is 22.1 Å². The molecule has 0 bridgehead atoms. The SMILES string of the molecule is COc1cccc(OC)c1-c1c[nH]c2ncc(-c3cccc(O)c3)cc12.COc1ccccc1-c1c[nH]c2ncc(-c3cccc(O)c3)cc12. The lowest BCUT2D eigenvalue weighted by Gasteiger charge is -2.12. The van der Waals surface area contributed by atoms with E-state index in [-0.39, 0.29) is 11.5 Å². The van der Waals surface area contributed by atoms with E-state index in [2.05, 4.69) is 32.1 Å². The Labute approximate surface area is 288 Å². The summed E-state index contributed by atoms with van der Waals surface area (Å²) in [4.78, 5) is 15.5. The zero-order valence-electron chi connectivity index (χ0n) is 27.6. The van der Waals surface area contributed by atoms with Crippen molar-refractivity contribution in [1.82, 2.24) is 19.9 Å². The van der Waals surface area contributed by atoms with Crippen LogP contribution in [0, 0.1) is 0 Å². The van der Waals surface area contributed by atoms with Crippen molar-refractivity contribution in [3.8, 4) is 73.3 Å². The van der Waals surface area contributed by atoms with Crippen LogP contribution in [0.15, 0.2) is 128 Å². The second kappa shape index (κ2) is 13.8. The number of nitrogens with one attached hydrogen (secondary N) is 2. The van der Waals surface area contributed by atoms with E-state index in [1.165, 1.54) is 0 Å². The third-order valence-electron chi connectivity index (χ3n) is 8.52. The number of pyridine rings is 2. The number of phenols is 2. The fraction of sp³-hybridized carbons (Fsp3) is 0.0732. The number of methoxy groups -OCH3 is 3. The number of rotatable bonds is 7. The fourth-order valence-corrected chi connectivity index (χ4v) is 6.11. The van der Waals surface area contributed by atoms with E-state index >= 15 is 0 Å². The summed E-state index contributed by atoms with van der Waals surface area (Å²) in [7, 11) is 4.96. The molecule has 0 saturated carbocycles. The van der Waals surface area contributed by atoms with E-state index in [1.807, 2.05) is 79.1 Å². The van der Waals surface area contributed by atoms with Gasteiger partial charge in [-0.1, -0.05) is 48.5 Å². The molecule has 0 aliphatic heterocycles. The summed E-state index contributed by atoms with van der Waals surface area (Å²) in [6.07, 6.45) is 7.45. The molecule has 248 valence electrons. The number of aromatic nitrogens is 4. The number of benzene rings is 4. The van der Waals surface area contributed by atoms with Gasteiger partial charge in [-0.25, -0.2) is 9.97 Å². The summed E-state index contributed by atoms with van der Waals surface area (Å²) in [5.41, 5.74) is 9.17. The van der Waals surface area contributed by atoms with Crippen LogP contribution in [0.25, 0.3) is 66.6 Å². The Balaban J connectivity index is 0.000000157. The van der Waals surface area contributed by atoms with Crippen LogP contribution in [0.1, 0.15) is 0 Å². The number of para-hydroxylation sites is 1. The summed E-state index contributed by atoms with van der Waals surface area (Å²) >= 11 is 0. The molecule has 0 aliphatic rings. The van der Waals surface area contributed by atoms with Gasteiger partial charge in [-0.05, 0) is 65.7 Å². The maximum atomic E-state index is 9.76. The maximum absolute atomic E-state index is 9.76. The summed E-state index contributed by atoms with van der Waals surface area (Å²) in [5.74, 6) is 2.75. The van der Waals surface area contributed by atoms with Gasteiger partial charge in [-0.15, -0.1) is 0 Å². The van der Waals surface area contributed by atoms with Crippen LogP contribution in [0.2, 0.25) is 0 Å². The minimum absolute atomic E-state index is 0.225. The van der Waals surface area contributed by atoms with Crippen LogP contribution in [0.3, 0.4) is 0 Å². The molecule has 0 aliphatic carbocycles. The highest BCUT2D eigenvalue weighted by Crippen LogP contribution is 2.42. The molecule has 8 rings (SSSR count). The minimum Gasteiger partial charge on any atom is -0.508 e. The maximum Gasteiger partial charge on any atom is 0.137 e. The van der Waals surface area contributed by atoms with Crippen molar-refractivity contribution < 1.29 is 24.4 Å². The fourth-order valence-electron chi connectivity index (χ4n) is 6.11. The minimum atomic E-state index is 0.225. The van der Waals surface area contributed by atoms with Gasteiger partial charge in [0.05, 0.1) is 26.9 Å². The van der Waals surface area contributed by atoms with Crippen molar-refractivity contribution in [2.24, 2.45) is 0 Å². The van der Waals surface area contributed by atoms with Gasteiger partial charge in [0.25, 0.3) is 0 Å². The highest BCUT2D eigenvalue weighted by Gasteiger charge is 2.18. The molecule has 9 nitrogen and oxygen atoms in total. The van der Waals surface area contributed by atoms with E-state index in [4.69, 9.17) is 14.2 Å². The first-order chi connectivity index (χ1) is 24.5. The second-order valence-corrected chi connectivity index (χ2v) is 11.5. The molecule has 4 aromatic carbocycles. The number of nitrogens with zero attached hydrogens (tertiary/aromatic N) is 2. The molecule has 4 N–H and O–H groups in total. The van der Waals surface area contributed by atoms with Crippen LogP contribution >= 0.6 is 0 Å². The topological polar surface area (TPSA) is 126 Å². The van der Waals surface area contributed by atoms with Crippen LogP contribution in [-0.4, -0.2) is 51.5 Å². The number of hydrogen-bond donors (Lipinski definition) is 4. The number of aromatic amines is 2. The molecule has 0 unspecified atom stereocenters. The van der Waals surface area contributed by atoms with E-state index in [0.29, 0.717) is 0 Å². The van der Waals surface area contributed by atoms with Crippen molar-refractivity contribution in [2.75, 3.05) is 21.3 Å². The monoisotopic (exact) mass is 662 g/mol. The standard InChI is InChI=1S/C21H18N2O3.C20H16N2O2/c1-25-18-7-4-8-19(26-2)20(18)17-12-23-21-16(17)10-14(11-22-21)13-5-3-6-15(24)9-13;1-24-19-8-3-2-7-16(19)18-12-22-20-17(18)10-14(11-21-20)13-5-4-6-15(23)9-13/h3-12,24H,1-2H3,(H,22,23);2-12,23H,1H3,(H,21,22). The van der Waals surface area contributed by atoms with Crippen molar-refractivity contribution in [2.45, 2.75) is 0 Å². The Bertz CT molecular complexity index is 2430. The largest absolute Gasteiger partial charge is 0.508 e. The van der Waals surface area contributed by atoms with Crippen molar-refractivity contribution in [3.63, 3.8) is 0 Å². The van der Waals surface area contributed by atoms with E-state index < -0.39 is 0 Å². The lowest BCUT2D eigenvalue weighted by molar-refractivity contribution is 0.397. The van der Waals surface area contributed by atoms with Crippen molar-refractivity contribution in [1.29, 1.82) is 0 Å². The summed E-state index contributed by atoms with van der Waals surface area (Å²) in [5, 5.41) is 21.4. The molecule has 0 amide bonds. The smallest absolute Gasteiger partial charge is 0.137 e. The molecule has 0 spiro atoms. The third kappa shape index (κ3) is 6.15. The van der Waals surface area contributed by atoms with Gasteiger partial charge >= 0.3 is 0 Å². The third-order valence-corrected chi connectivity index (χ3v) is 8.52. The summed E-state index contributed by atoms with van der Waals surface area (Å²) in [6, 6.07) is 32.1. The van der Waals surface area contributed by atoms with Gasteiger partial charge < -0.3 is 34.4 Å². The van der Waals surface area contributed by atoms with Gasteiger partial charge in [0.15, 0.2) is 0 Å². The van der Waals surface area contributed by atoms with E-state index in [0.717, 1.165) is 83.8 Å².